The minimum Gasteiger partial charge on any atom is -0.480 e. The Morgan fingerprint density at radius 3 is 2.17 bits per heavy atom. The molecule has 184 valence electrons. The second-order valence-corrected chi connectivity index (χ2v) is 9.61. The van der Waals surface area contributed by atoms with Crippen LogP contribution in [0.1, 0.15) is 36.3 Å². The summed E-state index contributed by atoms with van der Waals surface area (Å²) in [5.74, 6) is -1.08. The summed E-state index contributed by atoms with van der Waals surface area (Å²) in [5, 5.41) is 11.9. The van der Waals surface area contributed by atoms with Crippen LogP contribution in [0, 0.1) is 5.92 Å². The minimum absolute atomic E-state index is 0.00256. The Hall–Kier alpha value is -3.39. The van der Waals surface area contributed by atoms with E-state index in [0.717, 1.165) is 30.4 Å². The Morgan fingerprint density at radius 1 is 0.914 bits per heavy atom. The zero-order valence-electron chi connectivity index (χ0n) is 19.7. The Morgan fingerprint density at radius 2 is 1.54 bits per heavy atom. The fourth-order valence-corrected chi connectivity index (χ4v) is 5.77. The SMILES string of the molecule is O=C(O)CN1CCN(C(=O)[C@@H]2CCC[C@@H]2NC(=O)OCC2c3ccccc3-c3ccccc32)CC1. The van der Waals surface area contributed by atoms with Gasteiger partial charge >= 0.3 is 12.1 Å². The van der Waals surface area contributed by atoms with E-state index in [1.54, 1.807) is 4.90 Å². The first kappa shape index (κ1) is 23.4. The maximum Gasteiger partial charge on any atom is 0.407 e. The van der Waals surface area contributed by atoms with Crippen LogP contribution in [0.3, 0.4) is 0 Å². The highest BCUT2D eigenvalue weighted by Gasteiger charge is 2.38. The predicted octanol–water partition coefficient (Wildman–Crippen LogP) is 2.92. The fourth-order valence-electron chi connectivity index (χ4n) is 5.77. The quantitative estimate of drug-likeness (QED) is 0.664. The number of rotatable bonds is 6. The highest BCUT2D eigenvalue weighted by Crippen LogP contribution is 2.44. The van der Waals surface area contributed by atoms with Crippen molar-refractivity contribution in [2.75, 3.05) is 39.3 Å². The Balaban J connectivity index is 1.16. The molecule has 2 atom stereocenters. The molecule has 8 heteroatoms. The molecule has 1 saturated heterocycles. The van der Waals surface area contributed by atoms with Gasteiger partial charge in [0, 0.05) is 38.1 Å². The molecule has 0 spiro atoms. The molecule has 1 heterocycles. The zero-order valence-corrected chi connectivity index (χ0v) is 19.7. The third-order valence-corrected chi connectivity index (χ3v) is 7.52. The summed E-state index contributed by atoms with van der Waals surface area (Å²) in [6.45, 7) is 2.37. The standard InChI is InChI=1S/C27H31N3O5/c31-25(32)16-29-12-14-30(15-13-29)26(33)22-10-5-11-24(22)28-27(34)35-17-23-20-8-3-1-6-18(20)19-7-2-4-9-21(19)23/h1-4,6-9,22-24H,5,10-17H2,(H,28,34)(H,31,32)/t22-,24+/m1/s1. The summed E-state index contributed by atoms with van der Waals surface area (Å²) in [7, 11) is 0. The highest BCUT2D eigenvalue weighted by molar-refractivity contribution is 5.81. The highest BCUT2D eigenvalue weighted by atomic mass is 16.5. The molecule has 8 nitrogen and oxygen atoms in total. The molecule has 2 fully saturated rings. The van der Waals surface area contributed by atoms with Crippen LogP contribution in [0.4, 0.5) is 4.79 Å². The molecule has 2 aromatic rings. The van der Waals surface area contributed by atoms with E-state index in [2.05, 4.69) is 29.6 Å². The number of piperazine rings is 1. The van der Waals surface area contributed by atoms with Gasteiger partial charge in [0.15, 0.2) is 0 Å². The van der Waals surface area contributed by atoms with Crippen molar-refractivity contribution >= 4 is 18.0 Å². The molecule has 1 aliphatic heterocycles. The lowest BCUT2D eigenvalue weighted by atomic mass is 9.98. The van der Waals surface area contributed by atoms with E-state index in [1.807, 2.05) is 29.2 Å². The van der Waals surface area contributed by atoms with E-state index in [0.29, 0.717) is 26.2 Å². The third kappa shape index (κ3) is 4.89. The molecule has 2 aliphatic carbocycles. The number of amides is 2. The lowest BCUT2D eigenvalue weighted by Crippen LogP contribution is -2.53. The molecule has 3 aliphatic rings. The number of carbonyl (C=O) groups is 3. The topological polar surface area (TPSA) is 99.2 Å². The average molecular weight is 478 g/mol. The number of benzene rings is 2. The van der Waals surface area contributed by atoms with Crippen LogP contribution in [0.25, 0.3) is 11.1 Å². The van der Waals surface area contributed by atoms with Crippen LogP contribution in [-0.4, -0.2) is 78.2 Å². The van der Waals surface area contributed by atoms with Gasteiger partial charge < -0.3 is 20.1 Å². The van der Waals surface area contributed by atoms with Crippen LogP contribution >= 0.6 is 0 Å². The molecule has 0 aromatic heterocycles. The van der Waals surface area contributed by atoms with Crippen molar-refractivity contribution in [3.8, 4) is 11.1 Å². The third-order valence-electron chi connectivity index (χ3n) is 7.52. The average Bonchev–Trinajstić information content (AvgIpc) is 3.45. The number of carboxylic acid groups (broad SMARTS) is 1. The lowest BCUT2D eigenvalue weighted by Gasteiger charge is -2.36. The van der Waals surface area contributed by atoms with Crippen molar-refractivity contribution in [3.05, 3.63) is 59.7 Å². The Labute approximate surface area is 204 Å². The number of nitrogens with zero attached hydrogens (tertiary/aromatic N) is 2. The van der Waals surface area contributed by atoms with Gasteiger partial charge in [-0.1, -0.05) is 55.0 Å². The summed E-state index contributed by atoms with van der Waals surface area (Å²) in [5.41, 5.74) is 4.69. The van der Waals surface area contributed by atoms with Gasteiger partial charge in [-0.05, 0) is 35.1 Å². The summed E-state index contributed by atoms with van der Waals surface area (Å²) >= 11 is 0. The molecular weight excluding hydrogens is 446 g/mol. The molecule has 1 saturated carbocycles. The van der Waals surface area contributed by atoms with Gasteiger partial charge in [0.2, 0.25) is 5.91 Å². The van der Waals surface area contributed by atoms with E-state index < -0.39 is 12.1 Å². The van der Waals surface area contributed by atoms with Crippen molar-refractivity contribution < 1.29 is 24.2 Å². The van der Waals surface area contributed by atoms with Crippen LogP contribution in [-0.2, 0) is 14.3 Å². The second kappa shape index (κ2) is 10.1. The predicted molar refractivity (Wildman–Crippen MR) is 130 cm³/mol. The van der Waals surface area contributed by atoms with Gasteiger partial charge in [-0.25, -0.2) is 4.79 Å². The van der Waals surface area contributed by atoms with Crippen molar-refractivity contribution in [3.63, 3.8) is 0 Å². The van der Waals surface area contributed by atoms with E-state index in [1.165, 1.54) is 11.1 Å². The number of aliphatic carboxylic acids is 1. The number of ether oxygens (including phenoxy) is 1. The monoisotopic (exact) mass is 477 g/mol. The smallest absolute Gasteiger partial charge is 0.407 e. The summed E-state index contributed by atoms with van der Waals surface area (Å²) in [6, 6.07) is 16.2. The number of nitrogens with one attached hydrogen (secondary N) is 1. The maximum absolute atomic E-state index is 13.2. The van der Waals surface area contributed by atoms with Gasteiger partial charge in [0.05, 0.1) is 12.5 Å². The summed E-state index contributed by atoms with van der Waals surface area (Å²) in [6.07, 6.45) is 1.88. The first-order chi connectivity index (χ1) is 17.0. The Kier molecular flexibility index (Phi) is 6.72. The lowest BCUT2D eigenvalue weighted by molar-refractivity contribution is -0.140. The van der Waals surface area contributed by atoms with Crippen LogP contribution in [0.15, 0.2) is 48.5 Å². The molecule has 5 rings (SSSR count). The largest absolute Gasteiger partial charge is 0.480 e. The van der Waals surface area contributed by atoms with Gasteiger partial charge in [-0.3, -0.25) is 14.5 Å². The molecule has 35 heavy (non-hydrogen) atoms. The van der Waals surface area contributed by atoms with Crippen LogP contribution < -0.4 is 5.32 Å². The van der Waals surface area contributed by atoms with Crippen molar-refractivity contribution in [1.82, 2.24) is 15.1 Å². The van der Waals surface area contributed by atoms with Gasteiger partial charge in [0.25, 0.3) is 0 Å². The fraction of sp³-hybridized carbons (Fsp3) is 0.444. The number of hydrogen-bond donors (Lipinski definition) is 2. The van der Waals surface area contributed by atoms with Gasteiger partial charge in [-0.15, -0.1) is 0 Å². The van der Waals surface area contributed by atoms with Crippen molar-refractivity contribution in [1.29, 1.82) is 0 Å². The van der Waals surface area contributed by atoms with E-state index in [4.69, 9.17) is 9.84 Å². The van der Waals surface area contributed by atoms with Crippen LogP contribution in [0.2, 0.25) is 0 Å². The first-order valence-electron chi connectivity index (χ1n) is 12.4. The zero-order chi connectivity index (χ0) is 24.4. The first-order valence-corrected chi connectivity index (χ1v) is 12.4. The Bertz CT molecular complexity index is 1070. The number of fused-ring (bicyclic) bond motifs is 3. The normalized spacial score (nSPS) is 21.9. The van der Waals surface area contributed by atoms with Crippen molar-refractivity contribution in [2.45, 2.75) is 31.2 Å². The number of hydrogen-bond acceptors (Lipinski definition) is 5. The molecular formula is C27H31N3O5. The van der Waals surface area contributed by atoms with Crippen molar-refractivity contribution in [2.24, 2.45) is 5.92 Å². The molecule has 0 unspecified atom stereocenters. The molecule has 0 bridgehead atoms. The molecule has 0 radical (unpaired) electrons. The molecule has 2 amide bonds. The van der Waals surface area contributed by atoms with Gasteiger partial charge in [-0.2, -0.15) is 0 Å². The van der Waals surface area contributed by atoms with E-state index in [-0.39, 0.29) is 36.9 Å². The minimum atomic E-state index is -0.854. The van der Waals surface area contributed by atoms with Gasteiger partial charge in [0.1, 0.15) is 6.61 Å². The van der Waals surface area contributed by atoms with E-state index in [9.17, 15) is 14.4 Å². The second-order valence-electron chi connectivity index (χ2n) is 9.61. The summed E-state index contributed by atoms with van der Waals surface area (Å²) < 4.78 is 5.69. The number of carbonyl (C=O) groups excluding carboxylic acids is 2. The molecule has 2 aromatic carbocycles. The summed E-state index contributed by atoms with van der Waals surface area (Å²) in [4.78, 5) is 40.5. The molecule has 2 N–H and O–H groups in total. The number of carboxylic acids is 1. The van der Waals surface area contributed by atoms with E-state index >= 15 is 0 Å². The number of alkyl carbamates (subject to hydrolysis) is 1. The van der Waals surface area contributed by atoms with Crippen LogP contribution in [0.5, 0.6) is 0 Å². The maximum atomic E-state index is 13.2.